The predicted molar refractivity (Wildman–Crippen MR) is 72.2 cm³/mol. The number of phenolic OH excluding ortho intramolecular Hbond substituents is 1. The zero-order valence-electron chi connectivity index (χ0n) is 10.4. The lowest BCUT2D eigenvalue weighted by Gasteiger charge is -2.08. The van der Waals surface area contributed by atoms with Crippen molar-refractivity contribution >= 4 is 20.2 Å². The van der Waals surface area contributed by atoms with Crippen LogP contribution in [0.1, 0.15) is 0 Å². The molecule has 0 aliphatic carbocycles. The van der Waals surface area contributed by atoms with Crippen LogP contribution in [0.2, 0.25) is 0 Å². The number of aromatic hydroxyl groups is 1. The molecule has 7 nitrogen and oxygen atoms in total. The van der Waals surface area contributed by atoms with Crippen LogP contribution in [0.15, 0.2) is 58.3 Å². The first-order chi connectivity index (χ1) is 9.70. The van der Waals surface area contributed by atoms with E-state index in [-0.39, 0.29) is 10.6 Å². The summed E-state index contributed by atoms with van der Waals surface area (Å²) >= 11 is 0. The van der Waals surface area contributed by atoms with Gasteiger partial charge in [0.15, 0.2) is 0 Å². The quantitative estimate of drug-likeness (QED) is 0.642. The summed E-state index contributed by atoms with van der Waals surface area (Å²) in [5.41, 5.74) is 0. The molecule has 2 rings (SSSR count). The minimum Gasteiger partial charge on any atom is -0.506 e. The number of phenols is 1. The molecule has 0 bridgehead atoms. The Bertz CT molecular complexity index is 856. The average Bonchev–Trinajstić information content (AvgIpc) is 2.40. The predicted octanol–water partition coefficient (Wildman–Crippen LogP) is 1.41. The van der Waals surface area contributed by atoms with Crippen LogP contribution in [0.4, 0.5) is 0 Å². The summed E-state index contributed by atoms with van der Waals surface area (Å²) in [7, 11) is -8.85. The lowest BCUT2D eigenvalue weighted by molar-refractivity contribution is 0.438. The van der Waals surface area contributed by atoms with Gasteiger partial charge in [-0.05, 0) is 24.3 Å². The molecule has 2 N–H and O–H groups in total. The lowest BCUT2D eigenvalue weighted by atomic mass is 10.3. The maximum atomic E-state index is 12.0. The van der Waals surface area contributed by atoms with Crippen molar-refractivity contribution in [3.63, 3.8) is 0 Å². The molecule has 0 aromatic heterocycles. The van der Waals surface area contributed by atoms with E-state index < -0.39 is 30.9 Å². The summed E-state index contributed by atoms with van der Waals surface area (Å²) in [6.07, 6.45) is 0. The van der Waals surface area contributed by atoms with Crippen molar-refractivity contribution in [2.75, 3.05) is 0 Å². The molecule has 2 aromatic rings. The third kappa shape index (κ3) is 3.51. The summed E-state index contributed by atoms with van der Waals surface area (Å²) in [5.74, 6) is -1.08. The van der Waals surface area contributed by atoms with Gasteiger partial charge in [0.1, 0.15) is 21.3 Å². The molecule has 0 unspecified atom stereocenters. The van der Waals surface area contributed by atoms with Crippen molar-refractivity contribution in [2.45, 2.75) is 9.79 Å². The van der Waals surface area contributed by atoms with Crippen LogP contribution in [0.5, 0.6) is 11.5 Å². The molecule has 9 heteroatoms. The van der Waals surface area contributed by atoms with Gasteiger partial charge in [0.25, 0.3) is 10.1 Å². The van der Waals surface area contributed by atoms with E-state index >= 15 is 0 Å². The lowest BCUT2D eigenvalue weighted by Crippen LogP contribution is -2.10. The number of hydrogen-bond acceptors (Lipinski definition) is 6. The van der Waals surface area contributed by atoms with E-state index in [0.29, 0.717) is 6.07 Å². The number of hydrogen-bond donors (Lipinski definition) is 2. The minimum absolute atomic E-state index is 0.119. The Morgan fingerprint density at radius 3 is 2.10 bits per heavy atom. The molecule has 2 aromatic carbocycles. The van der Waals surface area contributed by atoms with Crippen LogP contribution in [-0.4, -0.2) is 26.5 Å². The zero-order valence-corrected chi connectivity index (χ0v) is 12.0. The van der Waals surface area contributed by atoms with E-state index in [1.54, 1.807) is 6.07 Å². The average molecular weight is 330 g/mol. The van der Waals surface area contributed by atoms with Gasteiger partial charge >= 0.3 is 10.1 Å². The molecule has 0 saturated carbocycles. The molecule has 0 heterocycles. The highest BCUT2D eigenvalue weighted by atomic mass is 32.2. The smallest absolute Gasteiger partial charge is 0.339 e. The maximum absolute atomic E-state index is 12.0. The second-order valence-electron chi connectivity index (χ2n) is 3.96. The monoisotopic (exact) mass is 330 g/mol. The first-order valence-electron chi connectivity index (χ1n) is 5.50. The molecule has 0 aliphatic rings. The number of benzene rings is 2. The molecular weight excluding hydrogens is 320 g/mol. The van der Waals surface area contributed by atoms with E-state index in [1.807, 2.05) is 0 Å². The van der Waals surface area contributed by atoms with Gasteiger partial charge in [-0.1, -0.05) is 18.2 Å². The fraction of sp³-hybridized carbons (Fsp3) is 0. The Morgan fingerprint density at radius 2 is 1.52 bits per heavy atom. The van der Waals surface area contributed by atoms with Crippen molar-refractivity contribution in [1.82, 2.24) is 0 Å². The van der Waals surface area contributed by atoms with Crippen LogP contribution >= 0.6 is 0 Å². The van der Waals surface area contributed by atoms with E-state index in [2.05, 4.69) is 0 Å². The van der Waals surface area contributed by atoms with Crippen molar-refractivity contribution in [1.29, 1.82) is 0 Å². The van der Waals surface area contributed by atoms with Crippen molar-refractivity contribution in [3.8, 4) is 11.5 Å². The topological polar surface area (TPSA) is 118 Å². The molecule has 0 fully saturated rings. The van der Waals surface area contributed by atoms with Gasteiger partial charge < -0.3 is 9.29 Å². The molecular formula is C12H10O7S2. The van der Waals surface area contributed by atoms with Crippen molar-refractivity contribution in [3.05, 3.63) is 48.5 Å². The van der Waals surface area contributed by atoms with Gasteiger partial charge in [0.05, 0.1) is 0 Å². The SMILES string of the molecule is O=S(=O)(O)c1cc(OS(=O)(=O)c2ccccc2)ccc1O. The Labute approximate surface area is 121 Å². The molecule has 0 radical (unpaired) electrons. The van der Waals surface area contributed by atoms with Crippen LogP contribution in [-0.2, 0) is 20.2 Å². The minimum atomic E-state index is -4.70. The fourth-order valence-electron chi connectivity index (χ4n) is 1.51. The summed E-state index contributed by atoms with van der Waals surface area (Å²) in [5, 5.41) is 9.34. The standard InChI is InChI=1S/C12H10O7S2/c13-11-7-6-9(8-12(11)20(14,15)16)19-21(17,18)10-4-2-1-3-5-10/h1-8,13H,(H,14,15,16). The second-order valence-corrected chi connectivity index (χ2v) is 6.89. The fourth-order valence-corrected chi connectivity index (χ4v) is 3.06. The van der Waals surface area contributed by atoms with Crippen molar-refractivity contribution < 1.29 is 30.7 Å². The third-order valence-corrected chi connectivity index (χ3v) is 4.59. The van der Waals surface area contributed by atoms with E-state index in [9.17, 15) is 21.9 Å². The highest BCUT2D eigenvalue weighted by Gasteiger charge is 2.20. The van der Waals surface area contributed by atoms with Gasteiger partial charge in [-0.3, -0.25) is 4.55 Å². The third-order valence-electron chi connectivity index (χ3n) is 2.45. The van der Waals surface area contributed by atoms with Crippen LogP contribution < -0.4 is 4.18 Å². The Morgan fingerprint density at radius 1 is 0.905 bits per heavy atom. The Kier molecular flexibility index (Phi) is 3.90. The van der Waals surface area contributed by atoms with Gasteiger partial charge in [0.2, 0.25) is 0 Å². The molecule has 0 atom stereocenters. The highest BCUT2D eigenvalue weighted by molar-refractivity contribution is 7.87. The van der Waals surface area contributed by atoms with Crippen LogP contribution in [0.3, 0.4) is 0 Å². The molecule has 0 amide bonds. The molecule has 21 heavy (non-hydrogen) atoms. The van der Waals surface area contributed by atoms with Crippen molar-refractivity contribution in [2.24, 2.45) is 0 Å². The van der Waals surface area contributed by atoms with Gasteiger partial charge in [-0.2, -0.15) is 16.8 Å². The largest absolute Gasteiger partial charge is 0.506 e. The van der Waals surface area contributed by atoms with E-state index in [1.165, 1.54) is 24.3 Å². The van der Waals surface area contributed by atoms with Gasteiger partial charge in [-0.15, -0.1) is 0 Å². The summed E-state index contributed by atoms with van der Waals surface area (Å²) in [6.45, 7) is 0. The normalized spacial score (nSPS) is 12.0. The summed E-state index contributed by atoms with van der Waals surface area (Å²) in [4.78, 5) is -0.963. The Hall–Kier alpha value is -2.10. The molecule has 112 valence electrons. The van der Waals surface area contributed by atoms with Gasteiger partial charge in [0, 0.05) is 6.07 Å². The van der Waals surface area contributed by atoms with Crippen LogP contribution in [0, 0.1) is 0 Å². The molecule has 0 spiro atoms. The maximum Gasteiger partial charge on any atom is 0.339 e. The molecule has 0 aliphatic heterocycles. The number of rotatable bonds is 4. The zero-order chi connectivity index (χ0) is 15.7. The first-order valence-corrected chi connectivity index (χ1v) is 8.35. The van der Waals surface area contributed by atoms with E-state index in [0.717, 1.165) is 12.1 Å². The second kappa shape index (κ2) is 5.35. The van der Waals surface area contributed by atoms with Crippen LogP contribution in [0.25, 0.3) is 0 Å². The Balaban J connectivity index is 2.42. The van der Waals surface area contributed by atoms with E-state index in [4.69, 9.17) is 8.74 Å². The highest BCUT2D eigenvalue weighted by Crippen LogP contribution is 2.28. The van der Waals surface area contributed by atoms with Gasteiger partial charge in [-0.25, -0.2) is 0 Å². The summed E-state index contributed by atoms with van der Waals surface area (Å²) in [6, 6.07) is 9.90. The first kappa shape index (κ1) is 15.3. The molecule has 0 saturated heterocycles. The summed E-state index contributed by atoms with van der Waals surface area (Å²) < 4.78 is 59.6.